The first-order valence-electron chi connectivity index (χ1n) is 6.50. The molecule has 1 aliphatic rings. The van der Waals surface area contributed by atoms with Crippen molar-refractivity contribution in [1.29, 1.82) is 0 Å². The number of nitrogens with one attached hydrogen (secondary N) is 1. The molecular formula is C15H15N3O2. The van der Waals surface area contributed by atoms with Gasteiger partial charge in [0.25, 0.3) is 0 Å². The largest absolute Gasteiger partial charge is 0.457 e. The van der Waals surface area contributed by atoms with Crippen LogP contribution in [0.1, 0.15) is 17.7 Å². The molecule has 20 heavy (non-hydrogen) atoms. The van der Waals surface area contributed by atoms with Crippen molar-refractivity contribution in [2.45, 2.75) is 19.4 Å². The summed E-state index contributed by atoms with van der Waals surface area (Å²) < 4.78 is 5.81. The lowest BCUT2D eigenvalue weighted by atomic mass is 10.0. The molecule has 5 nitrogen and oxygen atoms in total. The number of rotatable bonds is 3. The van der Waals surface area contributed by atoms with Crippen molar-refractivity contribution in [2.75, 3.05) is 5.32 Å². The van der Waals surface area contributed by atoms with E-state index in [4.69, 9.17) is 10.5 Å². The van der Waals surface area contributed by atoms with Gasteiger partial charge in [-0.3, -0.25) is 9.78 Å². The van der Waals surface area contributed by atoms with Crippen LogP contribution in [-0.4, -0.2) is 10.9 Å². The van der Waals surface area contributed by atoms with Crippen molar-refractivity contribution in [2.24, 2.45) is 5.73 Å². The maximum Gasteiger partial charge on any atom is 0.224 e. The van der Waals surface area contributed by atoms with Gasteiger partial charge in [0.05, 0.1) is 5.69 Å². The first-order chi connectivity index (χ1) is 9.74. The molecule has 3 N–H and O–H groups in total. The molecule has 102 valence electrons. The molecule has 0 saturated carbocycles. The number of ether oxygens (including phenoxy) is 1. The third-order valence-electron chi connectivity index (χ3n) is 3.21. The number of fused-ring (bicyclic) bond motifs is 1. The Morgan fingerprint density at radius 2 is 2.05 bits per heavy atom. The van der Waals surface area contributed by atoms with Crippen molar-refractivity contribution < 1.29 is 9.53 Å². The van der Waals surface area contributed by atoms with Crippen LogP contribution in [0.4, 0.5) is 5.69 Å². The van der Waals surface area contributed by atoms with Crippen LogP contribution in [0.15, 0.2) is 36.5 Å². The summed E-state index contributed by atoms with van der Waals surface area (Å²) in [4.78, 5) is 15.4. The van der Waals surface area contributed by atoms with Crippen LogP contribution in [0, 0.1) is 0 Å². The predicted molar refractivity (Wildman–Crippen MR) is 75.6 cm³/mol. The van der Waals surface area contributed by atoms with Crippen LogP contribution in [0.5, 0.6) is 11.5 Å². The van der Waals surface area contributed by atoms with Crippen molar-refractivity contribution in [3.63, 3.8) is 0 Å². The van der Waals surface area contributed by atoms with Crippen LogP contribution >= 0.6 is 0 Å². The van der Waals surface area contributed by atoms with Gasteiger partial charge in [0.1, 0.15) is 11.5 Å². The number of hydrogen-bond acceptors (Lipinski definition) is 4. The van der Waals surface area contributed by atoms with Crippen molar-refractivity contribution in [3.05, 3.63) is 47.8 Å². The Kier molecular flexibility index (Phi) is 3.35. The fraction of sp³-hybridized carbons (Fsp3) is 0.200. The molecule has 0 unspecified atom stereocenters. The Hall–Kier alpha value is -2.40. The lowest BCUT2D eigenvalue weighted by Gasteiger charge is -2.17. The molecule has 0 saturated heterocycles. The monoisotopic (exact) mass is 269 g/mol. The molecule has 0 spiro atoms. The molecule has 0 aliphatic carbocycles. The maximum atomic E-state index is 11.3. The average Bonchev–Trinajstić information content (AvgIpc) is 2.47. The summed E-state index contributed by atoms with van der Waals surface area (Å²) >= 11 is 0. The first kappa shape index (κ1) is 12.6. The van der Waals surface area contributed by atoms with Gasteiger partial charge in [-0.2, -0.15) is 0 Å². The second-order valence-corrected chi connectivity index (χ2v) is 4.66. The number of hydrogen-bond donors (Lipinski definition) is 2. The van der Waals surface area contributed by atoms with Gasteiger partial charge in [-0.15, -0.1) is 0 Å². The molecule has 1 aromatic heterocycles. The molecule has 0 atom stereocenters. The predicted octanol–water partition coefficient (Wildman–Crippen LogP) is 2.22. The van der Waals surface area contributed by atoms with E-state index >= 15 is 0 Å². The van der Waals surface area contributed by atoms with E-state index in [1.54, 1.807) is 12.3 Å². The molecule has 0 bridgehead atoms. The second-order valence-electron chi connectivity index (χ2n) is 4.66. The van der Waals surface area contributed by atoms with Crippen LogP contribution in [0.25, 0.3) is 0 Å². The summed E-state index contributed by atoms with van der Waals surface area (Å²) in [7, 11) is 0. The first-order valence-corrected chi connectivity index (χ1v) is 6.50. The number of amides is 1. The van der Waals surface area contributed by atoms with Crippen molar-refractivity contribution in [3.8, 4) is 11.5 Å². The Labute approximate surface area is 116 Å². The SMILES string of the molecule is NCc1cc(Oc2ccc3c(c2)CCC(=O)N3)ccn1. The fourth-order valence-electron chi connectivity index (χ4n) is 2.19. The number of pyridine rings is 1. The lowest BCUT2D eigenvalue weighted by Crippen LogP contribution is -2.18. The fourth-order valence-corrected chi connectivity index (χ4v) is 2.19. The van der Waals surface area contributed by atoms with E-state index < -0.39 is 0 Å². The van der Waals surface area contributed by atoms with Crippen LogP contribution in [0.3, 0.4) is 0 Å². The third-order valence-corrected chi connectivity index (χ3v) is 3.21. The van der Waals surface area contributed by atoms with Gasteiger partial charge in [-0.25, -0.2) is 0 Å². The minimum atomic E-state index is 0.0629. The Bertz CT molecular complexity index is 655. The summed E-state index contributed by atoms with van der Waals surface area (Å²) in [5.74, 6) is 1.52. The summed E-state index contributed by atoms with van der Waals surface area (Å²) in [5, 5.41) is 2.85. The van der Waals surface area contributed by atoms with E-state index in [0.717, 1.165) is 29.1 Å². The minimum Gasteiger partial charge on any atom is -0.457 e. The van der Waals surface area contributed by atoms with Gasteiger partial charge in [-0.05, 0) is 36.2 Å². The Balaban J connectivity index is 1.82. The highest BCUT2D eigenvalue weighted by Crippen LogP contribution is 2.29. The number of anilines is 1. The quantitative estimate of drug-likeness (QED) is 0.895. The summed E-state index contributed by atoms with van der Waals surface area (Å²) in [6.07, 6.45) is 2.93. The zero-order valence-corrected chi connectivity index (χ0v) is 10.9. The number of carbonyl (C=O) groups excluding carboxylic acids is 1. The normalized spacial score (nSPS) is 13.6. The molecule has 0 fully saturated rings. The summed E-state index contributed by atoms with van der Waals surface area (Å²) in [6, 6.07) is 9.28. The lowest BCUT2D eigenvalue weighted by molar-refractivity contribution is -0.116. The van der Waals surface area contributed by atoms with E-state index in [-0.39, 0.29) is 5.91 Å². The third kappa shape index (κ3) is 2.62. The molecule has 1 aromatic carbocycles. The molecule has 1 amide bonds. The standard InChI is InChI=1S/C15H15N3O2/c16-9-11-8-13(5-6-17-11)20-12-2-3-14-10(7-12)1-4-15(19)18-14/h2-3,5-8H,1,4,9,16H2,(H,18,19). The van der Waals surface area contributed by atoms with E-state index in [1.807, 2.05) is 24.3 Å². The zero-order chi connectivity index (χ0) is 13.9. The zero-order valence-electron chi connectivity index (χ0n) is 10.9. The van der Waals surface area contributed by atoms with Gasteiger partial charge in [-0.1, -0.05) is 0 Å². The summed E-state index contributed by atoms with van der Waals surface area (Å²) in [6.45, 7) is 0.382. The second kappa shape index (κ2) is 5.30. The van der Waals surface area contributed by atoms with Gasteiger partial charge in [0, 0.05) is 30.9 Å². The van der Waals surface area contributed by atoms with Gasteiger partial charge in [0.15, 0.2) is 0 Å². The molecule has 5 heteroatoms. The van der Waals surface area contributed by atoms with Crippen molar-refractivity contribution in [1.82, 2.24) is 4.98 Å². The average molecular weight is 269 g/mol. The summed E-state index contributed by atoms with van der Waals surface area (Å²) in [5.41, 5.74) is 8.30. The van der Waals surface area contributed by atoms with Crippen LogP contribution < -0.4 is 15.8 Å². The molecule has 1 aliphatic heterocycles. The number of aryl methyl sites for hydroxylation is 1. The van der Waals surface area contributed by atoms with Gasteiger partial charge in [0.2, 0.25) is 5.91 Å². The van der Waals surface area contributed by atoms with Gasteiger partial charge >= 0.3 is 0 Å². The van der Waals surface area contributed by atoms with Crippen molar-refractivity contribution >= 4 is 11.6 Å². The molecule has 3 rings (SSSR count). The smallest absolute Gasteiger partial charge is 0.224 e. The number of aromatic nitrogens is 1. The van der Waals surface area contributed by atoms with E-state index in [0.29, 0.717) is 18.7 Å². The Morgan fingerprint density at radius 1 is 1.20 bits per heavy atom. The van der Waals surface area contributed by atoms with Gasteiger partial charge < -0.3 is 15.8 Å². The van der Waals surface area contributed by atoms with E-state index in [2.05, 4.69) is 10.3 Å². The minimum absolute atomic E-state index is 0.0629. The number of benzene rings is 1. The molecule has 2 aromatic rings. The molecular weight excluding hydrogens is 254 g/mol. The number of carbonyl (C=O) groups is 1. The maximum absolute atomic E-state index is 11.3. The Morgan fingerprint density at radius 3 is 2.90 bits per heavy atom. The number of nitrogens with two attached hydrogens (primary N) is 1. The van der Waals surface area contributed by atoms with E-state index in [1.165, 1.54) is 0 Å². The van der Waals surface area contributed by atoms with Crippen LogP contribution in [0.2, 0.25) is 0 Å². The number of nitrogens with zero attached hydrogens (tertiary/aromatic N) is 1. The highest BCUT2D eigenvalue weighted by molar-refractivity contribution is 5.94. The highest BCUT2D eigenvalue weighted by Gasteiger charge is 2.15. The molecule has 0 radical (unpaired) electrons. The van der Waals surface area contributed by atoms with Crippen LogP contribution in [-0.2, 0) is 17.8 Å². The van der Waals surface area contributed by atoms with E-state index in [9.17, 15) is 4.79 Å². The topological polar surface area (TPSA) is 77.2 Å². The highest BCUT2D eigenvalue weighted by atomic mass is 16.5. The molecule has 2 heterocycles.